The van der Waals surface area contributed by atoms with Gasteiger partial charge in [0.15, 0.2) is 5.82 Å². The highest BCUT2D eigenvalue weighted by Gasteiger charge is 2.37. The molecule has 5 heterocycles. The predicted octanol–water partition coefficient (Wildman–Crippen LogP) is 5.07. The van der Waals surface area contributed by atoms with E-state index in [1.165, 1.54) is 43.5 Å². The van der Waals surface area contributed by atoms with Gasteiger partial charge < -0.3 is 14.7 Å². The van der Waals surface area contributed by atoms with Crippen LogP contribution in [0.5, 0.6) is 5.75 Å². The number of thiophene rings is 1. The fourth-order valence-corrected chi connectivity index (χ4v) is 6.83. The van der Waals surface area contributed by atoms with E-state index in [4.69, 9.17) is 16.3 Å². The summed E-state index contributed by atoms with van der Waals surface area (Å²) in [4.78, 5) is 41.6. The summed E-state index contributed by atoms with van der Waals surface area (Å²) in [6.07, 6.45) is 2.74. The third-order valence-electron chi connectivity index (χ3n) is 7.74. The second kappa shape index (κ2) is 12.2. The van der Waals surface area contributed by atoms with E-state index >= 15 is 0 Å². The molecule has 1 aliphatic heterocycles. The molecule has 0 aliphatic carbocycles. The van der Waals surface area contributed by atoms with E-state index in [0.717, 1.165) is 0 Å². The summed E-state index contributed by atoms with van der Waals surface area (Å²) in [6.45, 7) is 1.29. The number of carbonyl (C=O) groups is 1. The first-order chi connectivity index (χ1) is 22.0. The lowest BCUT2D eigenvalue weighted by molar-refractivity contribution is -0.00943. The topological polar surface area (TPSA) is 137 Å². The van der Waals surface area contributed by atoms with Gasteiger partial charge >= 0.3 is 5.97 Å². The number of carboxylic acids is 1. The molecule has 0 bridgehead atoms. The van der Waals surface area contributed by atoms with Crippen molar-refractivity contribution in [2.24, 2.45) is 0 Å². The number of nitrogens with zero attached hydrogens (tertiary/aromatic N) is 7. The number of fused-ring (bicyclic) bond motifs is 2. The third kappa shape index (κ3) is 5.84. The Morgan fingerprint density at radius 3 is 2.76 bits per heavy atom. The van der Waals surface area contributed by atoms with Crippen molar-refractivity contribution in [3.63, 3.8) is 0 Å². The highest BCUT2D eigenvalue weighted by molar-refractivity contribution is 7.18. The van der Waals surface area contributed by atoms with Crippen LogP contribution in [0, 0.1) is 18.3 Å². The molecule has 0 atom stereocenters. The van der Waals surface area contributed by atoms with Gasteiger partial charge in [-0.05, 0) is 38.2 Å². The number of likely N-dealkylation sites (N-methyl/N-ethyl adjacent to an activating group) is 1. The highest BCUT2D eigenvalue weighted by atomic mass is 35.5. The van der Waals surface area contributed by atoms with Crippen LogP contribution in [-0.4, -0.2) is 81.3 Å². The van der Waals surface area contributed by atoms with Gasteiger partial charge in [-0.3, -0.25) is 19.2 Å². The number of aromatic nitrogens is 4. The van der Waals surface area contributed by atoms with Gasteiger partial charge in [0, 0.05) is 47.0 Å². The van der Waals surface area contributed by atoms with Gasteiger partial charge in [-0.15, -0.1) is 11.3 Å². The van der Waals surface area contributed by atoms with Gasteiger partial charge in [0.25, 0.3) is 11.5 Å². The molecule has 0 amide bonds. The Bertz CT molecular complexity index is 2110. The minimum atomic E-state index is -3.01. The summed E-state index contributed by atoms with van der Waals surface area (Å²) in [5, 5.41) is 21.3. The lowest BCUT2D eigenvalue weighted by atomic mass is 10.0. The Morgan fingerprint density at radius 2 is 2.00 bits per heavy atom. The van der Waals surface area contributed by atoms with Crippen LogP contribution in [0.4, 0.5) is 14.6 Å². The zero-order valence-corrected chi connectivity index (χ0v) is 26.2. The van der Waals surface area contributed by atoms with Crippen molar-refractivity contribution in [3.05, 3.63) is 74.4 Å². The summed E-state index contributed by atoms with van der Waals surface area (Å²) in [6, 6.07) is 8.78. The molecule has 1 aliphatic rings. The molecular formula is C31H26ClF2N7O4S. The van der Waals surface area contributed by atoms with Gasteiger partial charge in [-0.1, -0.05) is 11.6 Å². The molecule has 0 radical (unpaired) electrons. The normalized spacial score (nSPS) is 15.2. The van der Waals surface area contributed by atoms with Gasteiger partial charge in [0.1, 0.15) is 29.8 Å². The van der Waals surface area contributed by atoms with Crippen LogP contribution in [0.2, 0.25) is 5.02 Å². The molecule has 0 saturated carbocycles. The van der Waals surface area contributed by atoms with Crippen LogP contribution in [0.1, 0.15) is 21.7 Å². The monoisotopic (exact) mass is 665 g/mol. The van der Waals surface area contributed by atoms with Crippen molar-refractivity contribution < 1.29 is 23.4 Å². The molecule has 1 aromatic carbocycles. The Kier molecular flexibility index (Phi) is 8.32. The average molecular weight is 666 g/mol. The van der Waals surface area contributed by atoms with Crippen LogP contribution in [0.15, 0.2) is 46.8 Å². The van der Waals surface area contributed by atoms with Crippen molar-refractivity contribution in [2.75, 3.05) is 44.7 Å². The second-order valence-electron chi connectivity index (χ2n) is 10.9. The molecule has 4 aromatic heterocycles. The zero-order valence-electron chi connectivity index (χ0n) is 24.6. The largest absolute Gasteiger partial charge is 0.491 e. The van der Waals surface area contributed by atoms with Crippen molar-refractivity contribution in [1.29, 1.82) is 5.26 Å². The number of carboxylic acid groups (broad SMARTS) is 1. The van der Waals surface area contributed by atoms with Crippen molar-refractivity contribution >= 4 is 55.8 Å². The number of hydrogen-bond donors (Lipinski definition) is 1. The number of alkyl halides is 2. The van der Waals surface area contributed by atoms with E-state index in [1.807, 2.05) is 6.07 Å². The minimum absolute atomic E-state index is 0.00249. The first kappa shape index (κ1) is 31.3. The maximum atomic E-state index is 14.7. The van der Waals surface area contributed by atoms with Gasteiger partial charge in [0.05, 0.1) is 46.4 Å². The SMILES string of the molecule is Cc1nc2c(N3CCN(C)CC(F)(F)C3)ncc(C#N)c2c(=O)n1CCOc1ccc(Cl)cc1-c1ccnc2c(C(=O)O)csc12. The number of rotatable bonds is 7. The van der Waals surface area contributed by atoms with Crippen molar-refractivity contribution in [3.8, 4) is 22.9 Å². The lowest BCUT2D eigenvalue weighted by Gasteiger charge is -2.25. The van der Waals surface area contributed by atoms with Gasteiger partial charge in [-0.25, -0.2) is 23.5 Å². The van der Waals surface area contributed by atoms with Gasteiger partial charge in [-0.2, -0.15) is 5.26 Å². The number of benzene rings is 1. The molecule has 11 nitrogen and oxygen atoms in total. The first-order valence-electron chi connectivity index (χ1n) is 14.1. The molecule has 5 aromatic rings. The third-order valence-corrected chi connectivity index (χ3v) is 8.98. The number of aryl methyl sites for hydroxylation is 1. The van der Waals surface area contributed by atoms with E-state index in [-0.39, 0.29) is 47.5 Å². The predicted molar refractivity (Wildman–Crippen MR) is 170 cm³/mol. The van der Waals surface area contributed by atoms with Crippen LogP contribution in [-0.2, 0) is 6.54 Å². The quantitative estimate of drug-likeness (QED) is 0.251. The van der Waals surface area contributed by atoms with Crippen LogP contribution in [0.25, 0.3) is 32.2 Å². The average Bonchev–Trinajstić information content (AvgIpc) is 3.39. The Labute approximate surface area is 269 Å². The highest BCUT2D eigenvalue weighted by Crippen LogP contribution is 2.39. The summed E-state index contributed by atoms with van der Waals surface area (Å²) < 4.78 is 37.5. The van der Waals surface area contributed by atoms with Crippen molar-refractivity contribution in [1.82, 2.24) is 24.4 Å². The van der Waals surface area contributed by atoms with Gasteiger partial charge in [0.2, 0.25) is 0 Å². The summed E-state index contributed by atoms with van der Waals surface area (Å²) in [7, 11) is 1.62. The second-order valence-corrected chi connectivity index (χ2v) is 12.3. The molecule has 15 heteroatoms. The molecule has 236 valence electrons. The molecule has 0 unspecified atom stereocenters. The first-order valence-corrected chi connectivity index (χ1v) is 15.4. The molecule has 6 rings (SSSR count). The van der Waals surface area contributed by atoms with Crippen LogP contribution < -0.4 is 15.2 Å². The molecule has 1 saturated heterocycles. The fraction of sp³-hybridized carbons (Fsp3) is 0.290. The molecule has 1 N–H and O–H groups in total. The number of pyridine rings is 2. The number of nitriles is 1. The van der Waals surface area contributed by atoms with E-state index in [0.29, 0.717) is 44.5 Å². The molecule has 1 fully saturated rings. The maximum Gasteiger partial charge on any atom is 0.338 e. The minimum Gasteiger partial charge on any atom is -0.491 e. The van der Waals surface area contributed by atoms with Crippen LogP contribution in [0.3, 0.4) is 0 Å². The van der Waals surface area contributed by atoms with Crippen LogP contribution >= 0.6 is 22.9 Å². The number of aromatic carboxylic acids is 1. The lowest BCUT2D eigenvalue weighted by Crippen LogP contribution is -2.39. The fourth-order valence-electron chi connectivity index (χ4n) is 5.63. The number of halogens is 3. The van der Waals surface area contributed by atoms with E-state index in [2.05, 4.69) is 15.0 Å². The maximum absolute atomic E-state index is 14.7. The summed E-state index contributed by atoms with van der Waals surface area (Å²) >= 11 is 7.58. The van der Waals surface area contributed by atoms with E-state index < -0.39 is 30.5 Å². The number of hydrogen-bond acceptors (Lipinski definition) is 10. The molecule has 0 spiro atoms. The van der Waals surface area contributed by atoms with E-state index in [1.54, 1.807) is 38.2 Å². The number of anilines is 1. The summed E-state index contributed by atoms with van der Waals surface area (Å²) in [5.41, 5.74) is 1.31. The number of ether oxygens (including phenoxy) is 1. The Morgan fingerprint density at radius 1 is 1.20 bits per heavy atom. The standard InChI is InChI=1S/C31H26ClF2N7O4S/c1-17-38-26-24(18(12-35)13-37-28(26)40-8-7-39(2)15-31(33,34)16-40)29(42)41(17)9-10-45-23-4-3-19(32)11-21(23)20-5-6-36-25-22(30(43)44)14-46-27(20)25/h3-6,11,13-14H,7-10,15-16H2,1-2H3,(H,43,44). The zero-order chi connectivity index (χ0) is 32.7. The van der Waals surface area contributed by atoms with E-state index in [9.17, 15) is 28.7 Å². The Hall–Kier alpha value is -4.71. The summed E-state index contributed by atoms with van der Waals surface area (Å²) in [5.74, 6) is -3.23. The van der Waals surface area contributed by atoms with Crippen molar-refractivity contribution in [2.45, 2.75) is 19.4 Å². The molecule has 46 heavy (non-hydrogen) atoms. The Balaban J connectivity index is 1.33. The smallest absolute Gasteiger partial charge is 0.338 e. The molecular weight excluding hydrogens is 640 g/mol.